The second-order valence-corrected chi connectivity index (χ2v) is 5.68. The Morgan fingerprint density at radius 3 is 2.78 bits per heavy atom. The van der Waals surface area contributed by atoms with E-state index in [4.69, 9.17) is 16.0 Å². The molecule has 0 aliphatic rings. The number of amides is 2. The van der Waals surface area contributed by atoms with Gasteiger partial charge in [0.25, 0.3) is 0 Å². The van der Waals surface area contributed by atoms with Crippen molar-refractivity contribution in [1.29, 1.82) is 0 Å². The third-order valence-corrected chi connectivity index (χ3v) is 3.47. The van der Waals surface area contributed by atoms with Crippen molar-refractivity contribution < 1.29 is 9.21 Å². The number of carbonyl (C=O) groups excluding carboxylic acids is 1. The first kappa shape index (κ1) is 17.1. The van der Waals surface area contributed by atoms with Crippen LogP contribution in [0.3, 0.4) is 0 Å². The number of unbranched alkanes of at least 4 members (excludes halogenated alkanes) is 1. The van der Waals surface area contributed by atoms with Gasteiger partial charge in [-0.05, 0) is 24.6 Å². The standard InChI is InChI=1S/C15H19ClN4O3/c1-4-5-6-13-18-20(15(22)23-13)12-8-7-10(9-11(12)16)17-14(21)19(2)3/h7-9H,4-6H2,1-3H3,(H,17,21). The van der Waals surface area contributed by atoms with Crippen molar-refractivity contribution in [2.45, 2.75) is 26.2 Å². The molecule has 1 aromatic carbocycles. The van der Waals surface area contributed by atoms with Crippen LogP contribution in [0.1, 0.15) is 25.7 Å². The first-order chi connectivity index (χ1) is 10.9. The van der Waals surface area contributed by atoms with E-state index in [2.05, 4.69) is 10.4 Å². The maximum absolute atomic E-state index is 11.9. The van der Waals surface area contributed by atoms with Crippen molar-refractivity contribution in [2.75, 3.05) is 19.4 Å². The van der Waals surface area contributed by atoms with Crippen molar-refractivity contribution in [2.24, 2.45) is 0 Å². The number of hydrogen-bond acceptors (Lipinski definition) is 4. The minimum Gasteiger partial charge on any atom is -0.392 e. The highest BCUT2D eigenvalue weighted by atomic mass is 35.5. The van der Waals surface area contributed by atoms with Crippen LogP contribution in [0.2, 0.25) is 5.02 Å². The second-order valence-electron chi connectivity index (χ2n) is 5.27. The Hall–Kier alpha value is -2.28. The molecule has 0 unspecified atom stereocenters. The minimum absolute atomic E-state index is 0.269. The van der Waals surface area contributed by atoms with Crippen molar-refractivity contribution in [3.05, 3.63) is 39.7 Å². The molecule has 0 bridgehead atoms. The van der Waals surface area contributed by atoms with Gasteiger partial charge in [0, 0.05) is 26.2 Å². The smallest absolute Gasteiger partial charge is 0.392 e. The molecule has 1 aromatic heterocycles. The van der Waals surface area contributed by atoms with E-state index in [0.29, 0.717) is 28.7 Å². The highest BCUT2D eigenvalue weighted by molar-refractivity contribution is 6.32. The lowest BCUT2D eigenvalue weighted by atomic mass is 10.2. The lowest BCUT2D eigenvalue weighted by molar-refractivity contribution is 0.230. The molecule has 0 saturated heterocycles. The summed E-state index contributed by atoms with van der Waals surface area (Å²) in [5.41, 5.74) is 0.936. The predicted octanol–water partition coefficient (Wildman–Crippen LogP) is 2.92. The maximum Gasteiger partial charge on any atom is 0.442 e. The number of hydrogen-bond donors (Lipinski definition) is 1. The van der Waals surface area contributed by atoms with Gasteiger partial charge in [-0.1, -0.05) is 24.9 Å². The van der Waals surface area contributed by atoms with Gasteiger partial charge in [0.1, 0.15) is 0 Å². The topological polar surface area (TPSA) is 80.4 Å². The van der Waals surface area contributed by atoms with Crippen LogP contribution in [0.5, 0.6) is 0 Å². The van der Waals surface area contributed by atoms with Gasteiger partial charge >= 0.3 is 11.8 Å². The van der Waals surface area contributed by atoms with Crippen molar-refractivity contribution in [1.82, 2.24) is 14.7 Å². The van der Waals surface area contributed by atoms with Crippen molar-refractivity contribution >= 4 is 23.3 Å². The molecule has 8 heteroatoms. The van der Waals surface area contributed by atoms with Crippen LogP contribution in [-0.4, -0.2) is 34.8 Å². The van der Waals surface area contributed by atoms with Gasteiger partial charge < -0.3 is 14.6 Å². The molecule has 0 aliphatic carbocycles. The average Bonchev–Trinajstić information content (AvgIpc) is 2.86. The van der Waals surface area contributed by atoms with Crippen molar-refractivity contribution in [3.8, 4) is 5.69 Å². The van der Waals surface area contributed by atoms with Crippen LogP contribution < -0.4 is 11.1 Å². The monoisotopic (exact) mass is 338 g/mol. The Kier molecular flexibility index (Phi) is 5.44. The van der Waals surface area contributed by atoms with E-state index in [0.717, 1.165) is 17.5 Å². The van der Waals surface area contributed by atoms with E-state index in [9.17, 15) is 9.59 Å². The molecule has 2 rings (SSSR count). The molecule has 0 saturated carbocycles. The fraction of sp³-hybridized carbons (Fsp3) is 0.400. The summed E-state index contributed by atoms with van der Waals surface area (Å²) >= 11 is 6.21. The van der Waals surface area contributed by atoms with Crippen LogP contribution in [0.15, 0.2) is 27.4 Å². The Morgan fingerprint density at radius 2 is 2.17 bits per heavy atom. The molecule has 124 valence electrons. The molecule has 0 spiro atoms. The summed E-state index contributed by atoms with van der Waals surface area (Å²) in [6.07, 6.45) is 2.48. The molecule has 2 aromatic rings. The zero-order valence-electron chi connectivity index (χ0n) is 13.3. The number of carbonyl (C=O) groups is 1. The highest BCUT2D eigenvalue weighted by Crippen LogP contribution is 2.23. The Balaban J connectivity index is 2.26. The number of aromatic nitrogens is 2. The van der Waals surface area contributed by atoms with Gasteiger partial charge in [0.15, 0.2) is 0 Å². The van der Waals surface area contributed by atoms with Gasteiger partial charge in [-0.3, -0.25) is 0 Å². The number of benzene rings is 1. The molecule has 0 atom stereocenters. The van der Waals surface area contributed by atoms with Crippen LogP contribution >= 0.6 is 11.6 Å². The zero-order valence-corrected chi connectivity index (χ0v) is 14.1. The molecule has 1 heterocycles. The number of nitrogens with one attached hydrogen (secondary N) is 1. The van der Waals surface area contributed by atoms with Crippen molar-refractivity contribution in [3.63, 3.8) is 0 Å². The predicted molar refractivity (Wildman–Crippen MR) is 88.4 cm³/mol. The first-order valence-electron chi connectivity index (χ1n) is 7.29. The summed E-state index contributed by atoms with van der Waals surface area (Å²) in [4.78, 5) is 24.9. The maximum atomic E-state index is 11.9. The van der Waals surface area contributed by atoms with Crippen LogP contribution in [-0.2, 0) is 6.42 Å². The van der Waals surface area contributed by atoms with E-state index in [1.165, 1.54) is 4.90 Å². The number of urea groups is 1. The fourth-order valence-corrected chi connectivity index (χ4v) is 2.15. The Morgan fingerprint density at radius 1 is 1.43 bits per heavy atom. The molecular weight excluding hydrogens is 320 g/mol. The van der Waals surface area contributed by atoms with Gasteiger partial charge in [-0.25, -0.2) is 9.59 Å². The van der Waals surface area contributed by atoms with Gasteiger partial charge in [-0.2, -0.15) is 4.68 Å². The summed E-state index contributed by atoms with van der Waals surface area (Å²) in [5, 5.41) is 7.13. The Bertz CT molecular complexity index is 751. The van der Waals surface area contributed by atoms with E-state index in [1.54, 1.807) is 32.3 Å². The summed E-state index contributed by atoms with van der Waals surface area (Å²) in [6, 6.07) is 4.55. The van der Waals surface area contributed by atoms with E-state index in [-0.39, 0.29) is 6.03 Å². The van der Waals surface area contributed by atoms with E-state index in [1.807, 2.05) is 6.92 Å². The van der Waals surface area contributed by atoms with E-state index < -0.39 is 5.76 Å². The molecule has 7 nitrogen and oxygen atoms in total. The lowest BCUT2D eigenvalue weighted by Gasteiger charge is -2.12. The number of anilines is 1. The molecule has 0 fully saturated rings. The fourth-order valence-electron chi connectivity index (χ4n) is 1.89. The largest absolute Gasteiger partial charge is 0.442 e. The zero-order chi connectivity index (χ0) is 17.0. The number of halogens is 1. The first-order valence-corrected chi connectivity index (χ1v) is 7.67. The van der Waals surface area contributed by atoms with E-state index >= 15 is 0 Å². The lowest BCUT2D eigenvalue weighted by Crippen LogP contribution is -2.27. The summed E-state index contributed by atoms with van der Waals surface area (Å²) in [5.74, 6) is -0.194. The van der Waals surface area contributed by atoms with Gasteiger partial charge in [-0.15, -0.1) is 5.10 Å². The van der Waals surface area contributed by atoms with Gasteiger partial charge in [0.05, 0.1) is 10.7 Å². The number of rotatable bonds is 5. The molecular formula is C15H19ClN4O3. The summed E-state index contributed by atoms with van der Waals surface area (Å²) in [7, 11) is 3.27. The van der Waals surface area contributed by atoms with Crippen LogP contribution in [0.4, 0.5) is 10.5 Å². The van der Waals surface area contributed by atoms with Gasteiger partial charge in [0.2, 0.25) is 5.89 Å². The molecule has 1 N–H and O–H groups in total. The second kappa shape index (κ2) is 7.32. The SMILES string of the molecule is CCCCc1nn(-c2ccc(NC(=O)N(C)C)cc2Cl)c(=O)o1. The molecule has 0 radical (unpaired) electrons. The number of nitrogens with zero attached hydrogens (tertiary/aromatic N) is 3. The summed E-state index contributed by atoms with van der Waals surface area (Å²) < 4.78 is 6.24. The normalized spacial score (nSPS) is 10.6. The average molecular weight is 339 g/mol. The quantitative estimate of drug-likeness (QED) is 0.909. The third kappa shape index (κ3) is 4.13. The van der Waals surface area contributed by atoms with Crippen LogP contribution in [0.25, 0.3) is 5.69 Å². The third-order valence-electron chi connectivity index (χ3n) is 3.17. The van der Waals surface area contributed by atoms with Crippen LogP contribution in [0, 0.1) is 0 Å². The molecule has 0 aliphatic heterocycles. The minimum atomic E-state index is -0.580. The highest BCUT2D eigenvalue weighted by Gasteiger charge is 2.13. The number of aryl methyl sites for hydroxylation is 1. The molecule has 23 heavy (non-hydrogen) atoms. The molecule has 2 amide bonds. The summed E-state index contributed by atoms with van der Waals surface area (Å²) in [6.45, 7) is 2.05. The Labute approximate surface area is 138 Å².